The van der Waals surface area contributed by atoms with Gasteiger partial charge >= 0.3 is 5.97 Å². The first-order chi connectivity index (χ1) is 14.2. The van der Waals surface area contributed by atoms with E-state index in [1.807, 2.05) is 0 Å². The van der Waals surface area contributed by atoms with Crippen molar-refractivity contribution in [3.8, 4) is 0 Å². The summed E-state index contributed by atoms with van der Waals surface area (Å²) in [4.78, 5) is 25.5. The van der Waals surface area contributed by atoms with Crippen LogP contribution in [0.3, 0.4) is 0 Å². The summed E-state index contributed by atoms with van der Waals surface area (Å²) in [6.07, 6.45) is 4.71. The zero-order chi connectivity index (χ0) is 21.9. The maximum absolute atomic E-state index is 13.2. The summed E-state index contributed by atoms with van der Waals surface area (Å²) in [5, 5.41) is 2.85. The van der Waals surface area contributed by atoms with Crippen LogP contribution in [-0.2, 0) is 19.6 Å². The summed E-state index contributed by atoms with van der Waals surface area (Å²) in [6, 6.07) is 6.07. The van der Waals surface area contributed by atoms with Crippen molar-refractivity contribution in [3.63, 3.8) is 0 Å². The van der Waals surface area contributed by atoms with Crippen LogP contribution in [0.2, 0.25) is 0 Å². The third-order valence-electron chi connectivity index (χ3n) is 6.21. The van der Waals surface area contributed by atoms with Crippen molar-refractivity contribution in [1.82, 2.24) is 9.62 Å². The average molecular weight is 437 g/mol. The lowest BCUT2D eigenvalue weighted by atomic mass is 9.81. The van der Waals surface area contributed by atoms with Crippen molar-refractivity contribution < 1.29 is 22.7 Å². The molecule has 1 N–H and O–H groups in total. The molecule has 1 saturated carbocycles. The summed E-state index contributed by atoms with van der Waals surface area (Å²) in [5.74, 6) is -0.321. The average Bonchev–Trinajstić information content (AvgIpc) is 2.73. The number of hydrogen-bond donors (Lipinski definition) is 1. The molecule has 0 bridgehead atoms. The molecule has 2 fully saturated rings. The smallest absolute Gasteiger partial charge is 0.331 e. The van der Waals surface area contributed by atoms with E-state index in [0.717, 1.165) is 25.7 Å². The summed E-state index contributed by atoms with van der Waals surface area (Å²) in [7, 11) is -2.37. The van der Waals surface area contributed by atoms with Gasteiger partial charge in [0, 0.05) is 18.7 Å². The van der Waals surface area contributed by atoms with E-state index in [1.54, 1.807) is 12.1 Å². The Labute approximate surface area is 179 Å². The van der Waals surface area contributed by atoms with Crippen LogP contribution < -0.4 is 5.32 Å². The number of ether oxygens (including phenoxy) is 1. The molecular weight excluding hydrogens is 404 g/mol. The molecule has 1 aliphatic carbocycles. The second kappa shape index (κ2) is 9.06. The Morgan fingerprint density at radius 3 is 2.33 bits per heavy atom. The van der Waals surface area contributed by atoms with Gasteiger partial charge in [0.25, 0.3) is 5.91 Å². The first-order valence-corrected chi connectivity index (χ1v) is 12.1. The first kappa shape index (κ1) is 22.7. The van der Waals surface area contributed by atoms with Gasteiger partial charge in [0.15, 0.2) is 0 Å². The molecule has 166 valence electrons. The van der Waals surface area contributed by atoms with Crippen molar-refractivity contribution in [2.45, 2.75) is 62.8 Å². The second-order valence-corrected chi connectivity index (χ2v) is 10.8. The Hall–Kier alpha value is -1.93. The lowest BCUT2D eigenvalue weighted by molar-refractivity contribution is -0.149. The number of nitrogens with one attached hydrogen (secondary N) is 1. The number of amides is 1. The molecule has 7 nitrogen and oxygen atoms in total. The fourth-order valence-electron chi connectivity index (χ4n) is 4.77. The summed E-state index contributed by atoms with van der Waals surface area (Å²) < 4.78 is 32.8. The third kappa shape index (κ3) is 4.70. The SMILES string of the molecule is COC(=O)C1(NC(=O)c2cccc(S(=O)(=O)N3C[C@@H](C)C[C@H](C)C3)c2)CCCCC1. The molecule has 0 spiro atoms. The molecule has 3 rings (SSSR count). The van der Waals surface area contributed by atoms with Crippen LogP contribution >= 0.6 is 0 Å². The number of piperidine rings is 1. The Balaban J connectivity index is 1.84. The fourth-order valence-corrected chi connectivity index (χ4v) is 6.50. The van der Waals surface area contributed by atoms with E-state index in [1.165, 1.54) is 23.5 Å². The summed E-state index contributed by atoms with van der Waals surface area (Å²) in [6.45, 7) is 5.07. The van der Waals surface area contributed by atoms with Gasteiger partial charge in [0.05, 0.1) is 12.0 Å². The van der Waals surface area contributed by atoms with Crippen LogP contribution in [0.1, 0.15) is 62.7 Å². The van der Waals surface area contributed by atoms with Crippen molar-refractivity contribution in [1.29, 1.82) is 0 Å². The van der Waals surface area contributed by atoms with Crippen LogP contribution in [0.5, 0.6) is 0 Å². The van der Waals surface area contributed by atoms with E-state index in [4.69, 9.17) is 4.74 Å². The normalized spacial score (nSPS) is 24.8. The highest BCUT2D eigenvalue weighted by atomic mass is 32.2. The molecule has 2 aliphatic rings. The fraction of sp³-hybridized carbons (Fsp3) is 0.636. The number of benzene rings is 1. The van der Waals surface area contributed by atoms with Gasteiger partial charge in [-0.1, -0.05) is 39.2 Å². The number of rotatable bonds is 5. The van der Waals surface area contributed by atoms with E-state index in [-0.39, 0.29) is 10.5 Å². The number of sulfonamides is 1. The highest BCUT2D eigenvalue weighted by Crippen LogP contribution is 2.30. The Bertz CT molecular complexity index is 883. The topological polar surface area (TPSA) is 92.8 Å². The number of nitrogens with zero attached hydrogens (tertiary/aromatic N) is 1. The van der Waals surface area contributed by atoms with Crippen molar-refractivity contribution in [2.75, 3.05) is 20.2 Å². The molecule has 0 radical (unpaired) electrons. The van der Waals surface area contributed by atoms with Gasteiger partial charge in [0.1, 0.15) is 5.54 Å². The molecule has 8 heteroatoms. The molecule has 30 heavy (non-hydrogen) atoms. The van der Waals surface area contributed by atoms with E-state index in [0.29, 0.717) is 37.8 Å². The minimum absolute atomic E-state index is 0.104. The molecule has 1 heterocycles. The van der Waals surface area contributed by atoms with Gasteiger partial charge in [-0.25, -0.2) is 13.2 Å². The highest BCUT2D eigenvalue weighted by molar-refractivity contribution is 7.89. The number of methoxy groups -OCH3 is 1. The van der Waals surface area contributed by atoms with Gasteiger partial charge in [-0.15, -0.1) is 0 Å². The van der Waals surface area contributed by atoms with Gasteiger partial charge in [0.2, 0.25) is 10.0 Å². The monoisotopic (exact) mass is 436 g/mol. The van der Waals surface area contributed by atoms with Crippen LogP contribution in [0, 0.1) is 11.8 Å². The van der Waals surface area contributed by atoms with Gasteiger partial charge in [-0.2, -0.15) is 4.31 Å². The third-order valence-corrected chi connectivity index (χ3v) is 8.03. The molecule has 0 aromatic heterocycles. The standard InChI is InChI=1S/C22H32N2O5S/c1-16-12-17(2)15-24(14-16)30(27,28)19-9-7-8-18(13-19)20(25)23-22(21(26)29-3)10-5-4-6-11-22/h7-9,13,16-17H,4-6,10-12,14-15H2,1-3H3,(H,23,25)/t16-,17-/m0/s1. The predicted molar refractivity (Wildman–Crippen MR) is 113 cm³/mol. The number of carbonyl (C=O) groups is 2. The lowest BCUT2D eigenvalue weighted by Crippen LogP contribution is -2.56. The Morgan fingerprint density at radius 1 is 1.10 bits per heavy atom. The van der Waals surface area contributed by atoms with Crippen molar-refractivity contribution in [3.05, 3.63) is 29.8 Å². The van der Waals surface area contributed by atoms with Crippen molar-refractivity contribution in [2.24, 2.45) is 11.8 Å². The minimum Gasteiger partial charge on any atom is -0.467 e. The van der Waals surface area contributed by atoms with E-state index >= 15 is 0 Å². The number of hydrogen-bond acceptors (Lipinski definition) is 5. The maximum atomic E-state index is 13.2. The van der Waals surface area contributed by atoms with E-state index in [2.05, 4.69) is 19.2 Å². The summed E-state index contributed by atoms with van der Waals surface area (Å²) in [5.41, 5.74) is -0.820. The van der Waals surface area contributed by atoms with Crippen LogP contribution in [0.25, 0.3) is 0 Å². The number of esters is 1. The minimum atomic E-state index is -3.69. The molecule has 0 unspecified atom stereocenters. The predicted octanol–water partition coefficient (Wildman–Crippen LogP) is 2.96. The van der Waals surface area contributed by atoms with Gasteiger partial charge in [-0.05, 0) is 49.3 Å². The first-order valence-electron chi connectivity index (χ1n) is 10.7. The molecule has 1 aromatic rings. The Kier molecular flexibility index (Phi) is 6.87. The quantitative estimate of drug-likeness (QED) is 0.717. The second-order valence-electron chi connectivity index (χ2n) is 8.88. The van der Waals surface area contributed by atoms with Crippen LogP contribution in [-0.4, -0.2) is 50.3 Å². The van der Waals surface area contributed by atoms with Gasteiger partial charge in [-0.3, -0.25) is 4.79 Å². The maximum Gasteiger partial charge on any atom is 0.331 e. The molecule has 1 saturated heterocycles. The lowest BCUT2D eigenvalue weighted by Gasteiger charge is -2.35. The molecule has 1 aromatic carbocycles. The zero-order valence-electron chi connectivity index (χ0n) is 18.0. The van der Waals surface area contributed by atoms with Crippen LogP contribution in [0.15, 0.2) is 29.2 Å². The van der Waals surface area contributed by atoms with Gasteiger partial charge < -0.3 is 10.1 Å². The largest absolute Gasteiger partial charge is 0.467 e. The Morgan fingerprint density at radius 2 is 1.73 bits per heavy atom. The van der Waals surface area contributed by atoms with E-state index < -0.39 is 27.4 Å². The number of carbonyl (C=O) groups excluding carboxylic acids is 2. The molecule has 1 amide bonds. The molecular formula is C22H32N2O5S. The highest BCUT2D eigenvalue weighted by Gasteiger charge is 2.42. The van der Waals surface area contributed by atoms with E-state index in [9.17, 15) is 18.0 Å². The molecule has 2 atom stereocenters. The zero-order valence-corrected chi connectivity index (χ0v) is 18.8. The molecule has 1 aliphatic heterocycles. The van der Waals surface area contributed by atoms with Crippen LogP contribution in [0.4, 0.5) is 0 Å². The van der Waals surface area contributed by atoms with Crippen molar-refractivity contribution >= 4 is 21.9 Å². The summed E-state index contributed by atoms with van der Waals surface area (Å²) >= 11 is 0.